The van der Waals surface area contributed by atoms with Gasteiger partial charge in [0.25, 0.3) is 0 Å². The van der Waals surface area contributed by atoms with E-state index in [1.54, 1.807) is 6.33 Å². The molecule has 2 heterocycles. The number of nitrogens with zero attached hydrogens (tertiary/aromatic N) is 3. The molecule has 0 bridgehead atoms. The molecule has 0 N–H and O–H groups in total. The van der Waals surface area contributed by atoms with Gasteiger partial charge in [-0.25, -0.2) is 9.97 Å². The molecule has 5 rings (SSSR count). The topological polar surface area (TPSA) is 47.8 Å². The second-order valence-electron chi connectivity index (χ2n) is 7.06. The lowest BCUT2D eigenvalue weighted by Gasteiger charge is -2.18. The minimum Gasteiger partial charge on any atom is -0.326 e. The first-order chi connectivity index (χ1) is 11.7. The van der Waals surface area contributed by atoms with Crippen LogP contribution in [0.4, 0.5) is 0 Å². The average molecular weight is 337 g/mol. The summed E-state index contributed by atoms with van der Waals surface area (Å²) in [5, 5.41) is 1.02. The fraction of sp³-hybridized carbons (Fsp3) is 0.368. The van der Waals surface area contributed by atoms with Gasteiger partial charge >= 0.3 is 0 Å². The number of aryl methyl sites for hydroxylation is 1. The van der Waals surface area contributed by atoms with E-state index in [2.05, 4.69) is 32.7 Å². The van der Waals surface area contributed by atoms with Gasteiger partial charge in [0.2, 0.25) is 0 Å². The molecule has 0 aliphatic heterocycles. The molecule has 2 aliphatic rings. The van der Waals surface area contributed by atoms with Crippen molar-refractivity contribution >= 4 is 23.6 Å². The number of hydrogen-bond acceptors (Lipinski definition) is 3. The molecule has 0 radical (unpaired) electrons. The number of benzene rings is 1. The van der Waals surface area contributed by atoms with Gasteiger partial charge in [0, 0.05) is 29.3 Å². The van der Waals surface area contributed by atoms with Crippen LogP contribution in [0.5, 0.6) is 0 Å². The van der Waals surface area contributed by atoms with Crippen molar-refractivity contribution in [3.05, 3.63) is 42.7 Å². The highest BCUT2D eigenvalue weighted by Crippen LogP contribution is 2.69. The van der Waals surface area contributed by atoms with Crippen molar-refractivity contribution in [2.75, 3.05) is 0 Å². The fourth-order valence-electron chi connectivity index (χ4n) is 3.87. The van der Waals surface area contributed by atoms with E-state index < -0.39 is 7.14 Å². The minimum absolute atomic E-state index is 0.404. The molecule has 1 aromatic carbocycles. The molecule has 5 heteroatoms. The SMILES string of the molecule is Cn1c(P(=O)(C2CC2)C2CC2)cc2c(-c3ccccc3)ncnc21. The minimum atomic E-state index is -2.32. The quantitative estimate of drug-likeness (QED) is 0.677. The number of fused-ring (bicyclic) bond motifs is 1. The van der Waals surface area contributed by atoms with Crippen LogP contribution in [-0.4, -0.2) is 25.9 Å². The van der Waals surface area contributed by atoms with Crippen LogP contribution in [0.2, 0.25) is 0 Å². The third-order valence-electron chi connectivity index (χ3n) is 5.38. The summed E-state index contributed by atoms with van der Waals surface area (Å²) in [6.07, 6.45) is 6.09. The summed E-state index contributed by atoms with van der Waals surface area (Å²) in [6, 6.07) is 12.3. The standard InChI is InChI=1S/C19H20N3OP/c1-22-17(24(23,14-7-8-14)15-9-10-15)11-16-18(20-12-21-19(16)22)13-5-3-2-4-6-13/h2-6,11-12,14-15H,7-10H2,1H3. The van der Waals surface area contributed by atoms with Crippen LogP contribution >= 0.6 is 7.14 Å². The highest BCUT2D eigenvalue weighted by Gasteiger charge is 2.53. The molecule has 3 aromatic rings. The Morgan fingerprint density at radius 2 is 1.71 bits per heavy atom. The lowest BCUT2D eigenvalue weighted by molar-refractivity contribution is 0.577. The molecule has 0 atom stereocenters. The number of aromatic nitrogens is 3. The monoisotopic (exact) mass is 337 g/mol. The van der Waals surface area contributed by atoms with Gasteiger partial charge in [0.1, 0.15) is 19.1 Å². The largest absolute Gasteiger partial charge is 0.326 e. The average Bonchev–Trinajstić information content (AvgIpc) is 3.51. The Balaban J connectivity index is 1.75. The van der Waals surface area contributed by atoms with Crippen LogP contribution < -0.4 is 5.44 Å². The first kappa shape index (κ1) is 14.4. The van der Waals surface area contributed by atoms with Gasteiger partial charge in [-0.2, -0.15) is 0 Å². The van der Waals surface area contributed by atoms with E-state index in [-0.39, 0.29) is 0 Å². The molecule has 2 fully saturated rings. The van der Waals surface area contributed by atoms with Crippen molar-refractivity contribution in [2.24, 2.45) is 7.05 Å². The summed E-state index contributed by atoms with van der Waals surface area (Å²) in [4.78, 5) is 9.01. The molecule has 24 heavy (non-hydrogen) atoms. The van der Waals surface area contributed by atoms with Gasteiger partial charge in [-0.1, -0.05) is 30.3 Å². The lowest BCUT2D eigenvalue weighted by atomic mass is 10.1. The van der Waals surface area contributed by atoms with Gasteiger partial charge in [0.05, 0.1) is 11.1 Å². The molecule has 0 amide bonds. The maximum atomic E-state index is 13.9. The third-order valence-corrected chi connectivity index (χ3v) is 9.73. The number of hydrogen-bond donors (Lipinski definition) is 0. The van der Waals surface area contributed by atoms with Gasteiger partial charge in [-0.15, -0.1) is 0 Å². The van der Waals surface area contributed by atoms with Gasteiger partial charge in [0.15, 0.2) is 0 Å². The Morgan fingerprint density at radius 1 is 1.04 bits per heavy atom. The van der Waals surface area contributed by atoms with Gasteiger partial charge in [-0.3, -0.25) is 0 Å². The molecule has 2 saturated carbocycles. The third kappa shape index (κ3) is 2.02. The Morgan fingerprint density at radius 3 is 2.33 bits per heavy atom. The van der Waals surface area contributed by atoms with E-state index in [1.165, 1.54) is 0 Å². The molecule has 0 unspecified atom stereocenters. The molecule has 2 aromatic heterocycles. The van der Waals surface area contributed by atoms with E-state index >= 15 is 0 Å². The van der Waals surface area contributed by atoms with Crippen LogP contribution in [-0.2, 0) is 11.6 Å². The summed E-state index contributed by atoms with van der Waals surface area (Å²) in [5.74, 6) is 0. The highest BCUT2D eigenvalue weighted by atomic mass is 31.2. The molecular formula is C19H20N3OP. The summed E-state index contributed by atoms with van der Waals surface area (Å²) < 4.78 is 16.0. The van der Waals surface area contributed by atoms with E-state index in [0.717, 1.165) is 53.4 Å². The van der Waals surface area contributed by atoms with Crippen molar-refractivity contribution < 1.29 is 4.57 Å². The molecule has 122 valence electrons. The van der Waals surface area contributed by atoms with E-state index in [9.17, 15) is 4.57 Å². The Kier molecular flexibility index (Phi) is 3.02. The van der Waals surface area contributed by atoms with Crippen LogP contribution in [0.15, 0.2) is 42.7 Å². The molecule has 0 saturated heterocycles. The van der Waals surface area contributed by atoms with Crippen molar-refractivity contribution in [1.82, 2.24) is 14.5 Å². The fourth-order valence-corrected chi connectivity index (χ4v) is 7.94. The first-order valence-corrected chi connectivity index (χ1v) is 10.5. The van der Waals surface area contributed by atoms with Crippen molar-refractivity contribution in [2.45, 2.75) is 37.0 Å². The zero-order valence-corrected chi connectivity index (χ0v) is 14.6. The maximum Gasteiger partial charge on any atom is 0.144 e. The van der Waals surface area contributed by atoms with Crippen LogP contribution in [0, 0.1) is 0 Å². The molecule has 2 aliphatic carbocycles. The van der Waals surface area contributed by atoms with Crippen LogP contribution in [0.3, 0.4) is 0 Å². The summed E-state index contributed by atoms with van der Waals surface area (Å²) in [6.45, 7) is 0. The van der Waals surface area contributed by atoms with Crippen LogP contribution in [0.1, 0.15) is 25.7 Å². The lowest BCUT2D eigenvalue weighted by Crippen LogP contribution is -2.19. The summed E-state index contributed by atoms with van der Waals surface area (Å²) in [7, 11) is -0.309. The van der Waals surface area contributed by atoms with Gasteiger partial charge in [-0.05, 0) is 31.7 Å². The highest BCUT2D eigenvalue weighted by molar-refractivity contribution is 7.73. The summed E-state index contributed by atoms with van der Waals surface area (Å²) >= 11 is 0. The van der Waals surface area contributed by atoms with E-state index in [1.807, 2.05) is 25.2 Å². The molecule has 4 nitrogen and oxygen atoms in total. The Labute approximate surface area is 141 Å². The molecular weight excluding hydrogens is 317 g/mol. The van der Waals surface area contributed by atoms with Crippen molar-refractivity contribution in [3.63, 3.8) is 0 Å². The van der Waals surface area contributed by atoms with Gasteiger partial charge < -0.3 is 9.13 Å². The second kappa shape index (κ2) is 5.03. The smallest absolute Gasteiger partial charge is 0.144 e. The van der Waals surface area contributed by atoms with Crippen molar-refractivity contribution in [1.29, 1.82) is 0 Å². The Hall–Kier alpha value is -1.93. The molecule has 0 spiro atoms. The first-order valence-electron chi connectivity index (χ1n) is 8.65. The predicted octanol–water partition coefficient (Wildman–Crippen LogP) is 3.95. The number of rotatable bonds is 4. The van der Waals surface area contributed by atoms with Crippen LogP contribution in [0.25, 0.3) is 22.3 Å². The van der Waals surface area contributed by atoms with E-state index in [0.29, 0.717) is 11.3 Å². The normalized spacial score (nSPS) is 18.2. The predicted molar refractivity (Wildman–Crippen MR) is 97.2 cm³/mol. The summed E-state index contributed by atoms with van der Waals surface area (Å²) in [5.41, 5.74) is 4.72. The zero-order valence-electron chi connectivity index (χ0n) is 13.7. The zero-order chi connectivity index (χ0) is 16.3. The maximum absolute atomic E-state index is 13.9. The Bertz CT molecular complexity index is 955. The second-order valence-corrected chi connectivity index (χ2v) is 10.4. The van der Waals surface area contributed by atoms with E-state index in [4.69, 9.17) is 0 Å². The van der Waals surface area contributed by atoms with Crippen molar-refractivity contribution in [3.8, 4) is 11.3 Å².